The summed E-state index contributed by atoms with van der Waals surface area (Å²) in [6.45, 7) is 3.59. The molecule has 7 heteroatoms. The van der Waals surface area contributed by atoms with Crippen LogP contribution in [-0.4, -0.2) is 17.6 Å². The molecule has 0 aromatic heterocycles. The lowest BCUT2D eigenvalue weighted by atomic mass is 10.1. The number of rotatable bonds is 4. The van der Waals surface area contributed by atoms with Gasteiger partial charge in [-0.25, -0.2) is 4.39 Å². The summed E-state index contributed by atoms with van der Waals surface area (Å²) >= 11 is 5.12. The molecule has 3 N–H and O–H groups in total. The third kappa shape index (κ3) is 5.20. The average molecular weight is 347 g/mol. The van der Waals surface area contributed by atoms with Crippen molar-refractivity contribution in [3.63, 3.8) is 0 Å². The second kappa shape index (κ2) is 8.26. The molecular weight excluding hydrogens is 329 g/mol. The predicted octanol–water partition coefficient (Wildman–Crippen LogP) is 2.84. The Labute approximate surface area is 145 Å². The first-order valence-electron chi connectivity index (χ1n) is 7.26. The molecule has 0 aliphatic rings. The number of thiocarbonyl (C=S) groups is 1. The van der Waals surface area contributed by atoms with Gasteiger partial charge in [0.2, 0.25) is 0 Å². The molecule has 24 heavy (non-hydrogen) atoms. The van der Waals surface area contributed by atoms with Crippen molar-refractivity contribution in [1.82, 2.24) is 10.9 Å². The smallest absolute Gasteiger partial charge is 0.276 e. The molecular formula is C17H18FN3O2S. The molecule has 0 aliphatic heterocycles. The number of aryl methyl sites for hydroxylation is 2. The Kier molecular flexibility index (Phi) is 6.08. The molecule has 0 aliphatic carbocycles. The van der Waals surface area contributed by atoms with E-state index in [9.17, 15) is 9.18 Å². The van der Waals surface area contributed by atoms with Crippen LogP contribution in [0.2, 0.25) is 0 Å². The largest absolute Gasteiger partial charge is 0.481 e. The van der Waals surface area contributed by atoms with Gasteiger partial charge in [0.15, 0.2) is 23.3 Å². The van der Waals surface area contributed by atoms with Crippen LogP contribution in [0.3, 0.4) is 0 Å². The molecule has 1 amide bonds. The van der Waals surface area contributed by atoms with E-state index >= 15 is 0 Å². The highest BCUT2D eigenvalue weighted by atomic mass is 32.1. The quantitative estimate of drug-likeness (QED) is 0.586. The Morgan fingerprint density at radius 3 is 2.67 bits per heavy atom. The highest BCUT2D eigenvalue weighted by Gasteiger charge is 2.07. The van der Waals surface area contributed by atoms with E-state index in [0.717, 1.165) is 16.8 Å². The van der Waals surface area contributed by atoms with E-state index in [2.05, 4.69) is 16.2 Å². The van der Waals surface area contributed by atoms with E-state index in [0.29, 0.717) is 0 Å². The maximum atomic E-state index is 13.4. The minimum absolute atomic E-state index is 0.0173. The first-order chi connectivity index (χ1) is 11.5. The molecule has 0 saturated heterocycles. The van der Waals surface area contributed by atoms with E-state index in [1.807, 2.05) is 32.0 Å². The van der Waals surface area contributed by atoms with Gasteiger partial charge in [-0.05, 0) is 55.4 Å². The molecule has 0 saturated carbocycles. The maximum absolute atomic E-state index is 13.4. The number of hydrogen-bond acceptors (Lipinski definition) is 3. The lowest BCUT2D eigenvalue weighted by Gasteiger charge is -2.14. The fraction of sp³-hybridized carbons (Fsp3) is 0.176. The van der Waals surface area contributed by atoms with Crippen LogP contribution in [0.25, 0.3) is 0 Å². The number of carbonyl (C=O) groups is 1. The number of anilines is 1. The van der Waals surface area contributed by atoms with Gasteiger partial charge in [0, 0.05) is 5.69 Å². The fourth-order valence-corrected chi connectivity index (χ4v) is 2.05. The number of carbonyl (C=O) groups excluding carboxylic acids is 1. The average Bonchev–Trinajstić information content (AvgIpc) is 2.55. The minimum atomic E-state index is -0.523. The van der Waals surface area contributed by atoms with Crippen molar-refractivity contribution in [2.75, 3.05) is 11.9 Å². The zero-order chi connectivity index (χ0) is 17.5. The van der Waals surface area contributed by atoms with Crippen LogP contribution in [0, 0.1) is 19.7 Å². The number of hydrazine groups is 1. The summed E-state index contributed by atoms with van der Waals surface area (Å²) in [6.07, 6.45) is 0. The van der Waals surface area contributed by atoms with Crippen LogP contribution in [0.4, 0.5) is 10.1 Å². The molecule has 2 rings (SSSR count). The molecule has 5 nitrogen and oxygen atoms in total. The van der Waals surface area contributed by atoms with Gasteiger partial charge in [-0.3, -0.25) is 15.6 Å². The minimum Gasteiger partial charge on any atom is -0.481 e. The summed E-state index contributed by atoms with van der Waals surface area (Å²) in [7, 11) is 0. The monoisotopic (exact) mass is 347 g/mol. The van der Waals surface area contributed by atoms with Gasteiger partial charge >= 0.3 is 0 Å². The predicted molar refractivity (Wildman–Crippen MR) is 95.3 cm³/mol. The summed E-state index contributed by atoms with van der Waals surface area (Å²) in [5, 5.41) is 3.23. The highest BCUT2D eigenvalue weighted by Crippen LogP contribution is 2.16. The molecule has 126 valence electrons. The number of ether oxygens (including phenoxy) is 1. The van der Waals surface area contributed by atoms with Gasteiger partial charge in [0.05, 0.1) is 0 Å². The van der Waals surface area contributed by atoms with Gasteiger partial charge in [0.1, 0.15) is 0 Å². The highest BCUT2D eigenvalue weighted by molar-refractivity contribution is 7.80. The number of nitrogens with one attached hydrogen (secondary N) is 3. The number of benzene rings is 2. The van der Waals surface area contributed by atoms with Crippen LogP contribution in [0.5, 0.6) is 5.75 Å². The summed E-state index contributed by atoms with van der Waals surface area (Å²) < 4.78 is 18.5. The Morgan fingerprint density at radius 2 is 1.92 bits per heavy atom. The van der Waals surface area contributed by atoms with Crippen LogP contribution >= 0.6 is 12.2 Å². The third-order valence-electron chi connectivity index (χ3n) is 3.15. The Morgan fingerprint density at radius 1 is 1.17 bits per heavy atom. The molecule has 0 atom stereocenters. The topological polar surface area (TPSA) is 62.4 Å². The summed E-state index contributed by atoms with van der Waals surface area (Å²) in [5.74, 6) is -0.988. The first-order valence-corrected chi connectivity index (χ1v) is 7.67. The molecule has 2 aromatic rings. The third-order valence-corrected chi connectivity index (χ3v) is 3.36. The molecule has 0 radical (unpaired) electrons. The van der Waals surface area contributed by atoms with Gasteiger partial charge in [-0.15, -0.1) is 0 Å². The van der Waals surface area contributed by atoms with Gasteiger partial charge in [0.25, 0.3) is 5.91 Å². The lowest BCUT2D eigenvalue weighted by Crippen LogP contribution is -2.45. The zero-order valence-corrected chi connectivity index (χ0v) is 14.2. The summed E-state index contributed by atoms with van der Waals surface area (Å²) in [6, 6.07) is 11.8. The summed E-state index contributed by atoms with van der Waals surface area (Å²) in [4.78, 5) is 11.7. The van der Waals surface area contributed by atoms with E-state index in [1.165, 1.54) is 12.1 Å². The van der Waals surface area contributed by atoms with Crippen LogP contribution < -0.4 is 20.9 Å². The fourth-order valence-electron chi connectivity index (χ4n) is 1.89. The van der Waals surface area contributed by atoms with Crippen molar-refractivity contribution in [1.29, 1.82) is 0 Å². The number of amides is 1. The van der Waals surface area contributed by atoms with Crippen molar-refractivity contribution in [2.24, 2.45) is 0 Å². The van der Waals surface area contributed by atoms with Crippen molar-refractivity contribution in [3.8, 4) is 5.75 Å². The molecule has 0 spiro atoms. The van der Waals surface area contributed by atoms with Gasteiger partial charge < -0.3 is 10.1 Å². The molecule has 0 bridgehead atoms. The lowest BCUT2D eigenvalue weighted by molar-refractivity contribution is -0.123. The second-order valence-electron chi connectivity index (χ2n) is 5.16. The van der Waals surface area contributed by atoms with E-state index in [-0.39, 0.29) is 17.5 Å². The standard InChI is InChI=1S/C17H18FN3O2S/c1-11-7-8-12(2)14(9-11)19-17(24)21-20-16(22)10-23-15-6-4-3-5-13(15)18/h3-9H,10H2,1-2H3,(H,20,22)(H2,19,21,24). The van der Waals surface area contributed by atoms with Crippen molar-refractivity contribution < 1.29 is 13.9 Å². The second-order valence-corrected chi connectivity index (χ2v) is 5.57. The van der Waals surface area contributed by atoms with Gasteiger partial charge in [-0.2, -0.15) is 0 Å². The zero-order valence-electron chi connectivity index (χ0n) is 13.4. The first kappa shape index (κ1) is 17.7. The molecule has 0 unspecified atom stereocenters. The molecule has 2 aromatic carbocycles. The van der Waals surface area contributed by atoms with Crippen molar-refractivity contribution in [3.05, 3.63) is 59.4 Å². The molecule has 0 fully saturated rings. The van der Waals surface area contributed by atoms with Crippen LogP contribution in [0.15, 0.2) is 42.5 Å². The van der Waals surface area contributed by atoms with Gasteiger partial charge in [-0.1, -0.05) is 24.3 Å². The Hall–Kier alpha value is -2.67. The Balaban J connectivity index is 1.78. The maximum Gasteiger partial charge on any atom is 0.276 e. The summed E-state index contributed by atoms with van der Waals surface area (Å²) in [5.41, 5.74) is 7.93. The van der Waals surface area contributed by atoms with Crippen LogP contribution in [-0.2, 0) is 4.79 Å². The van der Waals surface area contributed by atoms with E-state index < -0.39 is 11.7 Å². The Bertz CT molecular complexity index is 752. The van der Waals surface area contributed by atoms with Crippen molar-refractivity contribution in [2.45, 2.75) is 13.8 Å². The number of halogens is 1. The van der Waals surface area contributed by atoms with Crippen LogP contribution in [0.1, 0.15) is 11.1 Å². The van der Waals surface area contributed by atoms with Crippen molar-refractivity contribution >= 4 is 28.9 Å². The van der Waals surface area contributed by atoms with E-state index in [4.69, 9.17) is 17.0 Å². The SMILES string of the molecule is Cc1ccc(C)c(NC(=S)NNC(=O)COc2ccccc2F)c1. The molecule has 0 heterocycles. The van der Waals surface area contributed by atoms with E-state index in [1.54, 1.807) is 12.1 Å². The number of para-hydroxylation sites is 1. The number of hydrogen-bond donors (Lipinski definition) is 3. The normalized spacial score (nSPS) is 9.96.